The van der Waals surface area contributed by atoms with Crippen molar-refractivity contribution in [2.75, 3.05) is 0 Å². The van der Waals surface area contributed by atoms with Gasteiger partial charge >= 0.3 is 5.97 Å². The molecular weight excluding hydrogens is 432 g/mol. The number of carbonyl (C=O) groups is 1. The van der Waals surface area contributed by atoms with Crippen LogP contribution in [0.1, 0.15) is 44.4 Å². The Kier molecular flexibility index (Phi) is 6.59. The van der Waals surface area contributed by atoms with E-state index in [1.807, 2.05) is 0 Å². The first-order valence-corrected chi connectivity index (χ1v) is 11.7. The van der Waals surface area contributed by atoms with Crippen molar-refractivity contribution in [1.29, 1.82) is 0 Å². The van der Waals surface area contributed by atoms with Crippen molar-refractivity contribution in [3.05, 3.63) is 53.6 Å². The Morgan fingerprint density at radius 3 is 2.50 bits per heavy atom. The smallest absolute Gasteiger partial charge is 0.328 e. The van der Waals surface area contributed by atoms with E-state index in [1.165, 1.54) is 12.1 Å². The number of esters is 1. The van der Waals surface area contributed by atoms with Gasteiger partial charge in [-0.15, -0.1) is 0 Å². The molecule has 0 bridgehead atoms. The van der Waals surface area contributed by atoms with E-state index in [4.69, 9.17) is 26.1 Å². The molecule has 32 heavy (non-hydrogen) atoms. The third kappa shape index (κ3) is 5.64. The number of hydrogen-bond acceptors (Lipinski definition) is 8. The molecule has 2 aromatic rings. The van der Waals surface area contributed by atoms with E-state index in [-0.39, 0.29) is 11.0 Å². The summed E-state index contributed by atoms with van der Waals surface area (Å²) in [5.74, 6) is 0.357. The van der Waals surface area contributed by atoms with Crippen LogP contribution in [-0.4, -0.2) is 31.9 Å². The third-order valence-corrected chi connectivity index (χ3v) is 6.14. The third-order valence-electron chi connectivity index (χ3n) is 5.21. The molecule has 2 atom stereocenters. The van der Waals surface area contributed by atoms with Crippen molar-refractivity contribution >= 4 is 27.5 Å². The minimum absolute atomic E-state index is 0.0499. The van der Waals surface area contributed by atoms with Gasteiger partial charge in [-0.1, -0.05) is 18.2 Å². The maximum atomic E-state index is 12.7. The molecule has 0 radical (unpaired) electrons. The zero-order valence-electron chi connectivity index (χ0n) is 18.2. The second kappa shape index (κ2) is 8.89. The number of carbonyl (C=O) groups excluding carboxylic acids is 1. The van der Waals surface area contributed by atoms with Crippen LogP contribution in [0, 0.1) is 0 Å². The quantitative estimate of drug-likeness (QED) is 0.533. The van der Waals surface area contributed by atoms with E-state index in [1.54, 1.807) is 51.1 Å². The summed E-state index contributed by atoms with van der Waals surface area (Å²) < 4.78 is 34.1. The summed E-state index contributed by atoms with van der Waals surface area (Å²) >= 11 is 0. The Balaban J connectivity index is 1.63. The van der Waals surface area contributed by atoms with Crippen LogP contribution in [0.25, 0.3) is 0 Å². The van der Waals surface area contributed by atoms with Gasteiger partial charge in [-0.2, -0.15) is 0 Å². The standard InChI is InChI=1S/C22H28N4O5S/c1-13-20(24)26-17-12-15(6-9-18(17)30-13)19(23)21(27)31-22(2,3)11-10-14-4-7-16(8-5-14)32(25,28)29/h4-9,12-13,19H,10-11,23H2,1-3H3,(H2,24,26)(H2,25,28,29). The van der Waals surface area contributed by atoms with Crippen LogP contribution < -0.4 is 21.3 Å². The number of rotatable bonds is 7. The zero-order chi connectivity index (χ0) is 23.7. The van der Waals surface area contributed by atoms with Gasteiger partial charge in [0.25, 0.3) is 0 Å². The number of nitrogens with zero attached hydrogens (tertiary/aromatic N) is 1. The Bertz CT molecular complexity index is 1140. The second-order valence-corrected chi connectivity index (χ2v) is 9.93. The van der Waals surface area contributed by atoms with Crippen molar-refractivity contribution in [2.24, 2.45) is 21.6 Å². The predicted molar refractivity (Wildman–Crippen MR) is 121 cm³/mol. The summed E-state index contributed by atoms with van der Waals surface area (Å²) in [5.41, 5.74) is 13.1. The van der Waals surface area contributed by atoms with Crippen LogP contribution in [-0.2, 0) is 26.0 Å². The van der Waals surface area contributed by atoms with Crippen molar-refractivity contribution < 1.29 is 22.7 Å². The van der Waals surface area contributed by atoms with Crippen LogP contribution in [0.5, 0.6) is 5.75 Å². The maximum Gasteiger partial charge on any atom is 0.328 e. The minimum atomic E-state index is -3.73. The molecule has 1 aliphatic heterocycles. The Morgan fingerprint density at radius 1 is 1.22 bits per heavy atom. The van der Waals surface area contributed by atoms with Gasteiger partial charge in [0.15, 0.2) is 6.10 Å². The normalized spacial score (nSPS) is 17.0. The summed E-state index contributed by atoms with van der Waals surface area (Å²) in [6, 6.07) is 10.4. The number of primary sulfonamides is 1. The van der Waals surface area contributed by atoms with E-state index in [0.717, 1.165) is 5.56 Å². The number of ether oxygens (including phenoxy) is 2. The summed E-state index contributed by atoms with van der Waals surface area (Å²) in [4.78, 5) is 17.0. The molecule has 2 aromatic carbocycles. The largest absolute Gasteiger partial charge is 0.481 e. The van der Waals surface area contributed by atoms with Gasteiger partial charge in [0.05, 0.1) is 4.90 Å². The van der Waals surface area contributed by atoms with Crippen LogP contribution >= 0.6 is 0 Å². The number of sulfonamides is 1. The van der Waals surface area contributed by atoms with Gasteiger partial charge in [0, 0.05) is 0 Å². The summed E-state index contributed by atoms with van der Waals surface area (Å²) in [6.45, 7) is 5.39. The first-order valence-electron chi connectivity index (χ1n) is 10.1. The second-order valence-electron chi connectivity index (χ2n) is 8.37. The van der Waals surface area contributed by atoms with Crippen molar-refractivity contribution in [1.82, 2.24) is 0 Å². The van der Waals surface area contributed by atoms with Gasteiger partial charge in [-0.3, -0.25) is 0 Å². The molecule has 1 aliphatic rings. The molecule has 172 valence electrons. The molecule has 0 saturated heterocycles. The van der Waals surface area contributed by atoms with Crippen LogP contribution in [0.15, 0.2) is 52.4 Å². The molecule has 6 N–H and O–H groups in total. The minimum Gasteiger partial charge on any atom is -0.481 e. The first-order chi connectivity index (χ1) is 14.9. The fourth-order valence-corrected chi connectivity index (χ4v) is 3.73. The van der Waals surface area contributed by atoms with Gasteiger partial charge in [-0.05, 0) is 69.0 Å². The number of hydrogen-bond donors (Lipinski definition) is 3. The number of fused-ring (bicyclic) bond motifs is 1. The lowest BCUT2D eigenvalue weighted by Crippen LogP contribution is -2.34. The zero-order valence-corrected chi connectivity index (χ0v) is 19.1. The fourth-order valence-electron chi connectivity index (χ4n) is 3.21. The van der Waals surface area contributed by atoms with Crippen molar-refractivity contribution in [2.45, 2.75) is 56.3 Å². The number of aliphatic imine (C=N–C) groups is 1. The molecule has 0 spiro atoms. The van der Waals surface area contributed by atoms with Crippen LogP contribution in [0.3, 0.4) is 0 Å². The van der Waals surface area contributed by atoms with E-state index >= 15 is 0 Å². The van der Waals surface area contributed by atoms with Crippen molar-refractivity contribution in [3.8, 4) is 5.75 Å². The lowest BCUT2D eigenvalue weighted by Gasteiger charge is -2.27. The van der Waals surface area contributed by atoms with Gasteiger partial charge < -0.3 is 20.9 Å². The molecule has 0 saturated carbocycles. The highest BCUT2D eigenvalue weighted by molar-refractivity contribution is 7.89. The van der Waals surface area contributed by atoms with E-state index < -0.39 is 27.6 Å². The molecule has 10 heteroatoms. The molecular formula is C22H28N4O5S. The highest BCUT2D eigenvalue weighted by Crippen LogP contribution is 2.34. The molecule has 0 fully saturated rings. The van der Waals surface area contributed by atoms with Gasteiger partial charge in [0.1, 0.15) is 28.9 Å². The van der Waals surface area contributed by atoms with E-state index in [0.29, 0.717) is 35.7 Å². The lowest BCUT2D eigenvalue weighted by molar-refractivity contribution is -0.158. The number of benzene rings is 2. The average Bonchev–Trinajstić information content (AvgIpc) is 2.71. The summed E-state index contributed by atoms with van der Waals surface area (Å²) in [7, 11) is -3.73. The SMILES string of the molecule is CC1Oc2ccc(C(N)C(=O)OC(C)(C)CCc3ccc(S(N)(=O)=O)cc3)cc2N=C1N. The van der Waals surface area contributed by atoms with Crippen LogP contribution in [0.4, 0.5) is 5.69 Å². The topological polar surface area (TPSA) is 160 Å². The fraction of sp³-hybridized carbons (Fsp3) is 0.364. The molecule has 1 heterocycles. The number of nitrogens with two attached hydrogens (primary N) is 3. The predicted octanol–water partition coefficient (Wildman–Crippen LogP) is 2.06. The van der Waals surface area contributed by atoms with E-state index in [9.17, 15) is 13.2 Å². The maximum absolute atomic E-state index is 12.7. The van der Waals surface area contributed by atoms with E-state index in [2.05, 4.69) is 4.99 Å². The number of amidine groups is 1. The molecule has 0 aromatic heterocycles. The molecule has 0 amide bonds. The van der Waals surface area contributed by atoms with Crippen molar-refractivity contribution in [3.63, 3.8) is 0 Å². The lowest BCUT2D eigenvalue weighted by atomic mass is 9.98. The molecule has 3 rings (SSSR count). The van der Waals surface area contributed by atoms with Gasteiger partial charge in [0.2, 0.25) is 10.0 Å². The summed E-state index contributed by atoms with van der Waals surface area (Å²) in [6.07, 6.45) is 0.767. The highest BCUT2D eigenvalue weighted by Gasteiger charge is 2.28. The molecule has 9 nitrogen and oxygen atoms in total. The average molecular weight is 461 g/mol. The Morgan fingerprint density at radius 2 is 1.88 bits per heavy atom. The van der Waals surface area contributed by atoms with Gasteiger partial charge in [-0.25, -0.2) is 23.3 Å². The molecule has 2 unspecified atom stereocenters. The highest BCUT2D eigenvalue weighted by atomic mass is 32.2. The number of aryl methyl sites for hydroxylation is 1. The van der Waals surface area contributed by atoms with Crippen LogP contribution in [0.2, 0.25) is 0 Å². The first kappa shape index (κ1) is 23.7. The Labute approximate surface area is 187 Å². The monoisotopic (exact) mass is 460 g/mol. The Hall–Kier alpha value is -2.95. The molecule has 0 aliphatic carbocycles. The summed E-state index contributed by atoms with van der Waals surface area (Å²) in [5, 5.41) is 5.11.